The third-order valence-electron chi connectivity index (χ3n) is 6.01. The van der Waals surface area contributed by atoms with Crippen LogP contribution in [0.2, 0.25) is 0 Å². The highest BCUT2D eigenvalue weighted by molar-refractivity contribution is 5.94. The van der Waals surface area contributed by atoms with Gasteiger partial charge in [-0.05, 0) is 76.0 Å². The zero-order valence-electron chi connectivity index (χ0n) is 25.5. The molecule has 236 valence electrons. The summed E-state index contributed by atoms with van der Waals surface area (Å²) in [5.41, 5.74) is -0.185. The van der Waals surface area contributed by atoms with Gasteiger partial charge in [-0.2, -0.15) is 0 Å². The molecule has 4 N–H and O–H groups in total. The molecule has 0 aliphatic carbocycles. The van der Waals surface area contributed by atoms with Crippen molar-refractivity contribution in [3.63, 3.8) is 0 Å². The number of ether oxygens (including phenoxy) is 2. The highest BCUT2D eigenvalue weighted by Crippen LogP contribution is 2.21. The molecule has 1 aromatic rings. The summed E-state index contributed by atoms with van der Waals surface area (Å²) < 4.78 is 10.7. The minimum absolute atomic E-state index is 0.0782. The molecule has 0 radical (unpaired) electrons. The average Bonchev–Trinajstić information content (AvgIpc) is 2.99. The van der Waals surface area contributed by atoms with Gasteiger partial charge in [0.1, 0.15) is 24.0 Å². The second-order valence-corrected chi connectivity index (χ2v) is 9.56. The van der Waals surface area contributed by atoms with E-state index in [9.17, 15) is 19.5 Å². The van der Waals surface area contributed by atoms with Crippen LogP contribution in [-0.2, 0) is 14.3 Å². The number of anilines is 1. The van der Waals surface area contributed by atoms with Crippen molar-refractivity contribution in [1.29, 1.82) is 0 Å². The van der Waals surface area contributed by atoms with E-state index >= 15 is 0 Å². The number of unbranched alkanes of at least 4 members (excludes halogenated alkanes) is 2. The summed E-state index contributed by atoms with van der Waals surface area (Å²) in [6.07, 6.45) is 28.7. The Labute approximate surface area is 256 Å². The largest absolute Gasteiger partial charge is 0.507 e. The van der Waals surface area contributed by atoms with E-state index in [-0.39, 0.29) is 30.3 Å². The van der Waals surface area contributed by atoms with Crippen LogP contribution < -0.4 is 10.6 Å². The second kappa shape index (κ2) is 24.5. The summed E-state index contributed by atoms with van der Waals surface area (Å²) in [5.74, 6) is -2.00. The third kappa shape index (κ3) is 18.8. The van der Waals surface area contributed by atoms with E-state index in [0.717, 1.165) is 63.5 Å². The summed E-state index contributed by atoms with van der Waals surface area (Å²) in [4.78, 5) is 35.4. The number of allylic oxidation sites excluding steroid dienone is 10. The topological polar surface area (TPSA) is 134 Å². The highest BCUT2D eigenvalue weighted by Gasteiger charge is 2.16. The summed E-state index contributed by atoms with van der Waals surface area (Å²) in [6, 6.07) is 3.62. The van der Waals surface area contributed by atoms with Crippen LogP contribution in [0, 0.1) is 0 Å². The fourth-order valence-corrected chi connectivity index (χ4v) is 3.71. The Morgan fingerprint density at radius 2 is 1.44 bits per heavy atom. The van der Waals surface area contributed by atoms with Crippen molar-refractivity contribution in [2.75, 3.05) is 25.1 Å². The third-order valence-corrected chi connectivity index (χ3v) is 6.01. The van der Waals surface area contributed by atoms with Gasteiger partial charge in [-0.25, -0.2) is 9.59 Å². The number of aromatic hydroxyl groups is 1. The standard InChI is InChI=1S/C34H48N2O7/c1-3-5-6-7-8-9-10-11-12-13-14-15-16-17-18-19-20-21-25-42-31(4-2)32(38)35-24-26-43-34(41)36-28-22-23-30(37)29(27-28)33(39)40/h5-6,8-9,11-12,14-15,17-18,22-23,27,31,37H,3-4,7,10,13,16,19-21,24-26H2,1-2H3,(H,35,38)(H,36,41)(H,39,40)/t31-/m1/s1. The van der Waals surface area contributed by atoms with Crippen molar-refractivity contribution in [3.8, 4) is 5.75 Å². The fraction of sp³-hybridized carbons (Fsp3) is 0.441. The van der Waals surface area contributed by atoms with E-state index in [1.165, 1.54) is 6.07 Å². The molecule has 0 unspecified atom stereocenters. The van der Waals surface area contributed by atoms with Crippen LogP contribution in [0.15, 0.2) is 79.0 Å². The minimum atomic E-state index is -1.32. The number of carbonyl (C=O) groups is 3. The Balaban J connectivity index is 2.10. The van der Waals surface area contributed by atoms with Gasteiger partial charge in [0, 0.05) is 12.3 Å². The summed E-state index contributed by atoms with van der Waals surface area (Å²) in [7, 11) is 0. The fourth-order valence-electron chi connectivity index (χ4n) is 3.71. The van der Waals surface area contributed by atoms with Crippen molar-refractivity contribution in [3.05, 3.63) is 84.5 Å². The minimum Gasteiger partial charge on any atom is -0.507 e. The number of benzene rings is 1. The van der Waals surface area contributed by atoms with Gasteiger partial charge < -0.3 is 25.0 Å². The first kappa shape index (κ1) is 36.9. The molecular formula is C34H48N2O7. The van der Waals surface area contributed by atoms with Gasteiger partial charge in [0.15, 0.2) is 0 Å². The number of amides is 2. The van der Waals surface area contributed by atoms with Gasteiger partial charge in [0.2, 0.25) is 5.91 Å². The summed E-state index contributed by atoms with van der Waals surface area (Å²) in [6.45, 7) is 4.52. The molecule has 0 aliphatic heterocycles. The van der Waals surface area contributed by atoms with Crippen LogP contribution in [-0.4, -0.2) is 54.0 Å². The quantitative estimate of drug-likeness (QED) is 0.0619. The van der Waals surface area contributed by atoms with E-state index in [0.29, 0.717) is 13.0 Å². The molecule has 2 amide bonds. The molecule has 0 heterocycles. The van der Waals surface area contributed by atoms with Gasteiger partial charge in [-0.15, -0.1) is 0 Å². The molecule has 1 aromatic carbocycles. The maximum absolute atomic E-state index is 12.4. The van der Waals surface area contributed by atoms with E-state index in [1.807, 2.05) is 6.92 Å². The second-order valence-electron chi connectivity index (χ2n) is 9.56. The predicted octanol–water partition coefficient (Wildman–Crippen LogP) is 7.47. The molecule has 0 bridgehead atoms. The molecule has 9 heteroatoms. The molecule has 1 atom stereocenters. The molecule has 0 spiro atoms. The SMILES string of the molecule is CCC=CCC=CCC=CCC=CCC=CCCCCO[C@H](CC)C(=O)NCCOC(=O)Nc1ccc(O)c(C(=O)O)c1. The van der Waals surface area contributed by atoms with Gasteiger partial charge in [0.05, 0.1) is 6.54 Å². The lowest BCUT2D eigenvalue weighted by molar-refractivity contribution is -0.133. The number of carbonyl (C=O) groups excluding carboxylic acids is 2. The Morgan fingerprint density at radius 3 is 2.02 bits per heavy atom. The van der Waals surface area contributed by atoms with Crippen molar-refractivity contribution in [1.82, 2.24) is 5.32 Å². The van der Waals surface area contributed by atoms with Gasteiger partial charge in [-0.1, -0.05) is 74.6 Å². The number of carboxylic acids is 1. The van der Waals surface area contributed by atoms with Crippen molar-refractivity contribution < 1.29 is 34.1 Å². The molecule has 0 saturated heterocycles. The number of rotatable bonds is 22. The number of hydrogen-bond acceptors (Lipinski definition) is 6. The van der Waals surface area contributed by atoms with E-state index in [2.05, 4.69) is 78.3 Å². The van der Waals surface area contributed by atoms with Crippen LogP contribution in [0.1, 0.15) is 82.0 Å². The van der Waals surface area contributed by atoms with Crippen molar-refractivity contribution in [2.45, 2.75) is 77.7 Å². The zero-order valence-corrected chi connectivity index (χ0v) is 25.5. The van der Waals surface area contributed by atoms with Crippen LogP contribution in [0.4, 0.5) is 10.5 Å². The Hall–Kier alpha value is -4.11. The zero-order chi connectivity index (χ0) is 31.5. The molecule has 0 aromatic heterocycles. The van der Waals surface area contributed by atoms with Crippen molar-refractivity contribution in [2.24, 2.45) is 0 Å². The van der Waals surface area contributed by atoms with Crippen LogP contribution >= 0.6 is 0 Å². The maximum Gasteiger partial charge on any atom is 0.411 e. The predicted molar refractivity (Wildman–Crippen MR) is 171 cm³/mol. The van der Waals surface area contributed by atoms with Gasteiger partial charge >= 0.3 is 12.1 Å². The van der Waals surface area contributed by atoms with Gasteiger partial charge in [0.25, 0.3) is 0 Å². The van der Waals surface area contributed by atoms with Crippen LogP contribution in [0.25, 0.3) is 0 Å². The number of aromatic carboxylic acids is 1. The van der Waals surface area contributed by atoms with E-state index < -0.39 is 23.9 Å². The van der Waals surface area contributed by atoms with Gasteiger partial charge in [-0.3, -0.25) is 10.1 Å². The monoisotopic (exact) mass is 596 g/mol. The first-order chi connectivity index (χ1) is 20.9. The number of hydrogen-bond donors (Lipinski definition) is 4. The van der Waals surface area contributed by atoms with E-state index in [1.54, 1.807) is 0 Å². The van der Waals surface area contributed by atoms with Crippen LogP contribution in [0.3, 0.4) is 0 Å². The lowest BCUT2D eigenvalue weighted by Crippen LogP contribution is -2.38. The summed E-state index contributed by atoms with van der Waals surface area (Å²) in [5, 5.41) is 23.6. The Kier molecular flexibility index (Phi) is 21.0. The number of carboxylic acid groups (broad SMARTS) is 1. The van der Waals surface area contributed by atoms with Crippen LogP contribution in [0.5, 0.6) is 5.75 Å². The first-order valence-corrected chi connectivity index (χ1v) is 15.0. The summed E-state index contributed by atoms with van der Waals surface area (Å²) >= 11 is 0. The molecule has 0 fully saturated rings. The molecule has 0 aliphatic rings. The normalized spacial score (nSPS) is 12.6. The molecule has 0 saturated carbocycles. The Morgan fingerprint density at radius 1 is 0.837 bits per heavy atom. The number of phenols is 1. The molecular weight excluding hydrogens is 548 g/mol. The van der Waals surface area contributed by atoms with Crippen molar-refractivity contribution >= 4 is 23.7 Å². The first-order valence-electron chi connectivity index (χ1n) is 15.0. The van der Waals surface area contributed by atoms with E-state index in [4.69, 9.17) is 14.6 Å². The number of nitrogens with one attached hydrogen (secondary N) is 2. The highest BCUT2D eigenvalue weighted by atomic mass is 16.5. The maximum atomic E-state index is 12.4. The molecule has 1 rings (SSSR count). The Bertz CT molecular complexity index is 1110. The average molecular weight is 597 g/mol. The molecule has 9 nitrogen and oxygen atoms in total. The lowest BCUT2D eigenvalue weighted by atomic mass is 10.2. The molecule has 43 heavy (non-hydrogen) atoms. The lowest BCUT2D eigenvalue weighted by Gasteiger charge is -2.16. The smallest absolute Gasteiger partial charge is 0.411 e.